The summed E-state index contributed by atoms with van der Waals surface area (Å²) in [6, 6.07) is 6.54. The lowest BCUT2D eigenvalue weighted by Crippen LogP contribution is -2.29. The average Bonchev–Trinajstić information content (AvgIpc) is 2.69. The number of hydrogen-bond acceptors (Lipinski definition) is 4. The molecule has 1 unspecified atom stereocenters. The molecule has 0 spiro atoms. The zero-order valence-electron chi connectivity index (χ0n) is 11.0. The Morgan fingerprint density at radius 3 is 2.45 bits per heavy atom. The fourth-order valence-electron chi connectivity index (χ4n) is 1.87. The lowest BCUT2D eigenvalue weighted by atomic mass is 10.1. The van der Waals surface area contributed by atoms with Crippen LogP contribution in [0.2, 0.25) is 5.02 Å². The standard InChI is InChI=1S/C12H15ClN4O2S/c1-8(9-3-5-10(13)6-4-9)16-20(18,19)12-11(14)15-7-17(12)2/h3-8,16H,14H2,1-2H3. The number of rotatable bonds is 4. The summed E-state index contributed by atoms with van der Waals surface area (Å²) in [7, 11) is -2.17. The van der Waals surface area contributed by atoms with Gasteiger partial charge in [-0.05, 0) is 24.6 Å². The quantitative estimate of drug-likeness (QED) is 0.898. The molecule has 0 aliphatic carbocycles. The number of sulfonamides is 1. The highest BCUT2D eigenvalue weighted by atomic mass is 35.5. The zero-order valence-corrected chi connectivity index (χ0v) is 12.6. The predicted octanol–water partition coefficient (Wildman–Crippen LogP) is 1.70. The molecular formula is C12H15ClN4O2S. The molecule has 3 N–H and O–H groups in total. The number of nitrogens with two attached hydrogens (primary N) is 1. The van der Waals surface area contributed by atoms with E-state index in [0.29, 0.717) is 5.02 Å². The summed E-state index contributed by atoms with van der Waals surface area (Å²) < 4.78 is 28.5. The van der Waals surface area contributed by atoms with Crippen LogP contribution in [0, 0.1) is 0 Å². The number of anilines is 1. The van der Waals surface area contributed by atoms with E-state index in [9.17, 15) is 8.42 Å². The van der Waals surface area contributed by atoms with E-state index in [1.165, 1.54) is 10.9 Å². The van der Waals surface area contributed by atoms with E-state index in [0.717, 1.165) is 5.56 Å². The number of nitrogens with one attached hydrogen (secondary N) is 1. The molecule has 1 heterocycles. The maximum Gasteiger partial charge on any atom is 0.260 e. The first-order valence-corrected chi connectivity index (χ1v) is 7.72. The van der Waals surface area contributed by atoms with E-state index in [1.807, 2.05) is 0 Å². The molecule has 1 atom stereocenters. The fourth-order valence-corrected chi connectivity index (χ4v) is 3.47. The first kappa shape index (κ1) is 14.8. The Bertz CT molecular complexity index is 690. The van der Waals surface area contributed by atoms with Crippen molar-refractivity contribution in [1.82, 2.24) is 14.3 Å². The van der Waals surface area contributed by atoms with Crippen LogP contribution in [0.1, 0.15) is 18.5 Å². The van der Waals surface area contributed by atoms with Crippen molar-refractivity contribution in [2.24, 2.45) is 7.05 Å². The summed E-state index contributed by atoms with van der Waals surface area (Å²) >= 11 is 5.81. The van der Waals surface area contributed by atoms with Gasteiger partial charge in [0, 0.05) is 18.1 Å². The van der Waals surface area contributed by atoms with Crippen molar-refractivity contribution in [2.75, 3.05) is 5.73 Å². The molecule has 2 rings (SSSR count). The van der Waals surface area contributed by atoms with Crippen molar-refractivity contribution >= 4 is 27.4 Å². The van der Waals surface area contributed by atoms with Crippen LogP contribution >= 0.6 is 11.6 Å². The van der Waals surface area contributed by atoms with Gasteiger partial charge in [0.1, 0.15) is 0 Å². The van der Waals surface area contributed by atoms with Gasteiger partial charge in [0.15, 0.2) is 10.8 Å². The summed E-state index contributed by atoms with van der Waals surface area (Å²) in [4.78, 5) is 3.78. The molecule has 0 bridgehead atoms. The average molecular weight is 315 g/mol. The highest BCUT2D eigenvalue weighted by molar-refractivity contribution is 7.89. The van der Waals surface area contributed by atoms with Crippen LogP contribution in [0.3, 0.4) is 0 Å². The van der Waals surface area contributed by atoms with Crippen molar-refractivity contribution in [1.29, 1.82) is 0 Å². The minimum Gasteiger partial charge on any atom is -0.381 e. The largest absolute Gasteiger partial charge is 0.381 e. The van der Waals surface area contributed by atoms with Gasteiger partial charge in [0.25, 0.3) is 10.0 Å². The van der Waals surface area contributed by atoms with Gasteiger partial charge in [-0.2, -0.15) is 0 Å². The van der Waals surface area contributed by atoms with Crippen molar-refractivity contribution in [3.8, 4) is 0 Å². The molecule has 0 radical (unpaired) electrons. The van der Waals surface area contributed by atoms with Crippen molar-refractivity contribution in [2.45, 2.75) is 18.0 Å². The number of aryl methyl sites for hydroxylation is 1. The third-order valence-corrected chi connectivity index (χ3v) is 4.79. The Morgan fingerprint density at radius 2 is 1.95 bits per heavy atom. The Hall–Kier alpha value is -1.57. The first-order valence-electron chi connectivity index (χ1n) is 5.86. The number of nitrogen functional groups attached to an aromatic ring is 1. The molecule has 0 aliphatic heterocycles. The van der Waals surface area contributed by atoms with Gasteiger partial charge >= 0.3 is 0 Å². The Labute approximate surface area is 122 Å². The molecule has 20 heavy (non-hydrogen) atoms. The van der Waals surface area contributed by atoms with Gasteiger partial charge in [-0.15, -0.1) is 0 Å². The monoisotopic (exact) mass is 314 g/mol. The minimum absolute atomic E-state index is 0.0247. The van der Waals surface area contributed by atoms with Crippen LogP contribution in [-0.4, -0.2) is 18.0 Å². The van der Waals surface area contributed by atoms with E-state index in [4.69, 9.17) is 17.3 Å². The molecule has 8 heteroatoms. The normalized spacial score (nSPS) is 13.3. The first-order chi connectivity index (χ1) is 9.31. The zero-order chi connectivity index (χ0) is 14.9. The molecule has 0 saturated carbocycles. The van der Waals surface area contributed by atoms with Crippen LogP contribution < -0.4 is 10.5 Å². The number of imidazole rings is 1. The van der Waals surface area contributed by atoms with Crippen LogP contribution in [0.15, 0.2) is 35.6 Å². The van der Waals surface area contributed by atoms with Crippen molar-refractivity contribution in [3.05, 3.63) is 41.2 Å². The molecule has 0 saturated heterocycles. The molecule has 0 fully saturated rings. The lowest BCUT2D eigenvalue weighted by Gasteiger charge is -2.15. The Balaban J connectivity index is 2.27. The number of benzene rings is 1. The molecule has 108 valence electrons. The van der Waals surface area contributed by atoms with Gasteiger partial charge in [0.05, 0.1) is 6.33 Å². The van der Waals surface area contributed by atoms with Crippen molar-refractivity contribution < 1.29 is 8.42 Å². The van der Waals surface area contributed by atoms with Gasteiger partial charge in [-0.3, -0.25) is 0 Å². The Morgan fingerprint density at radius 1 is 1.35 bits per heavy atom. The van der Waals surface area contributed by atoms with Crippen LogP contribution in [0.4, 0.5) is 5.82 Å². The predicted molar refractivity (Wildman–Crippen MR) is 77.8 cm³/mol. The molecule has 1 aromatic carbocycles. The second-order valence-electron chi connectivity index (χ2n) is 4.44. The van der Waals surface area contributed by atoms with Crippen molar-refractivity contribution in [3.63, 3.8) is 0 Å². The second kappa shape index (κ2) is 5.43. The van der Waals surface area contributed by atoms with Gasteiger partial charge in [0.2, 0.25) is 0 Å². The van der Waals surface area contributed by atoms with Gasteiger partial charge in [-0.25, -0.2) is 18.1 Å². The summed E-state index contributed by atoms with van der Waals surface area (Å²) in [5, 5.41) is 0.554. The second-order valence-corrected chi connectivity index (χ2v) is 6.51. The number of halogens is 1. The maximum atomic E-state index is 12.3. The third-order valence-electron chi connectivity index (χ3n) is 2.87. The summed E-state index contributed by atoms with van der Waals surface area (Å²) in [5.74, 6) is -0.0247. The smallest absolute Gasteiger partial charge is 0.260 e. The molecule has 0 amide bonds. The van der Waals surface area contributed by atoms with Crippen LogP contribution in [0.5, 0.6) is 0 Å². The number of aromatic nitrogens is 2. The molecule has 6 nitrogen and oxygen atoms in total. The summed E-state index contributed by atoms with van der Waals surface area (Å²) in [5.41, 5.74) is 6.40. The van der Waals surface area contributed by atoms with E-state index in [2.05, 4.69) is 9.71 Å². The molecular weight excluding hydrogens is 300 g/mol. The lowest BCUT2D eigenvalue weighted by molar-refractivity contribution is 0.558. The van der Waals surface area contributed by atoms with E-state index in [-0.39, 0.29) is 10.8 Å². The highest BCUT2D eigenvalue weighted by Crippen LogP contribution is 2.21. The van der Waals surface area contributed by atoms with E-state index >= 15 is 0 Å². The van der Waals surface area contributed by atoms with Crippen LogP contribution in [0.25, 0.3) is 0 Å². The van der Waals surface area contributed by atoms with Gasteiger partial charge in [-0.1, -0.05) is 23.7 Å². The topological polar surface area (TPSA) is 90.0 Å². The summed E-state index contributed by atoms with van der Waals surface area (Å²) in [6.45, 7) is 1.74. The summed E-state index contributed by atoms with van der Waals surface area (Å²) in [6.07, 6.45) is 1.36. The fraction of sp³-hybridized carbons (Fsp3) is 0.250. The highest BCUT2D eigenvalue weighted by Gasteiger charge is 2.24. The SMILES string of the molecule is CC(NS(=O)(=O)c1c(N)ncn1C)c1ccc(Cl)cc1. The Kier molecular flexibility index (Phi) is 4.03. The maximum absolute atomic E-state index is 12.3. The molecule has 0 aliphatic rings. The number of nitrogens with zero attached hydrogens (tertiary/aromatic N) is 2. The third kappa shape index (κ3) is 2.95. The van der Waals surface area contributed by atoms with Crippen LogP contribution in [-0.2, 0) is 17.1 Å². The minimum atomic E-state index is -3.74. The molecule has 1 aromatic heterocycles. The number of hydrogen-bond donors (Lipinski definition) is 2. The molecule has 2 aromatic rings. The van der Waals surface area contributed by atoms with Gasteiger partial charge < -0.3 is 10.3 Å². The van der Waals surface area contributed by atoms with E-state index < -0.39 is 16.1 Å². The van der Waals surface area contributed by atoms with E-state index in [1.54, 1.807) is 38.2 Å².